The lowest BCUT2D eigenvalue weighted by molar-refractivity contribution is 0.101. The maximum absolute atomic E-state index is 13.6. The van der Waals surface area contributed by atoms with E-state index in [0.717, 1.165) is 11.3 Å². The minimum atomic E-state index is -0.757. The third-order valence-corrected chi connectivity index (χ3v) is 3.41. The highest BCUT2D eigenvalue weighted by Crippen LogP contribution is 2.13. The van der Waals surface area contributed by atoms with Crippen LogP contribution < -0.4 is 10.7 Å². The maximum atomic E-state index is 13.6. The highest BCUT2D eigenvalue weighted by atomic mass is 19.1. The van der Waals surface area contributed by atoms with Crippen molar-refractivity contribution in [2.75, 3.05) is 5.32 Å². The van der Waals surface area contributed by atoms with Crippen LogP contribution in [0.25, 0.3) is 5.69 Å². The first kappa shape index (κ1) is 15.6. The Balaban J connectivity index is 1.96. The second kappa shape index (κ2) is 6.45. The molecule has 1 N–H and O–H groups in total. The molecule has 2 aromatic carbocycles. The van der Waals surface area contributed by atoms with E-state index in [0.29, 0.717) is 0 Å². The van der Waals surface area contributed by atoms with Gasteiger partial charge >= 0.3 is 0 Å². The summed E-state index contributed by atoms with van der Waals surface area (Å²) in [4.78, 5) is 24.2. The molecule has 24 heavy (non-hydrogen) atoms. The van der Waals surface area contributed by atoms with Gasteiger partial charge in [-0.1, -0.05) is 24.3 Å². The Labute approximate surface area is 137 Å². The van der Waals surface area contributed by atoms with E-state index in [2.05, 4.69) is 10.4 Å². The molecule has 0 aliphatic heterocycles. The Morgan fingerprint density at radius 2 is 1.92 bits per heavy atom. The predicted molar refractivity (Wildman–Crippen MR) is 88.9 cm³/mol. The second-order valence-corrected chi connectivity index (χ2v) is 5.25. The van der Waals surface area contributed by atoms with Crippen LogP contribution in [0.1, 0.15) is 16.1 Å². The number of carbonyl (C=O) groups excluding carboxylic acids is 1. The summed E-state index contributed by atoms with van der Waals surface area (Å²) in [7, 11) is 0. The molecule has 0 atom stereocenters. The molecule has 0 saturated carbocycles. The second-order valence-electron chi connectivity index (χ2n) is 5.25. The minimum Gasteiger partial charge on any atom is -0.318 e. The molecule has 3 aromatic rings. The van der Waals surface area contributed by atoms with Crippen molar-refractivity contribution < 1.29 is 9.18 Å². The van der Waals surface area contributed by atoms with Gasteiger partial charge in [-0.2, -0.15) is 5.10 Å². The number of anilines is 1. The highest BCUT2D eigenvalue weighted by Gasteiger charge is 2.15. The summed E-state index contributed by atoms with van der Waals surface area (Å²) in [5.74, 6) is -1.34. The van der Waals surface area contributed by atoms with Crippen LogP contribution in [-0.2, 0) is 0 Å². The fraction of sp³-hybridized carbons (Fsp3) is 0.0556. The van der Waals surface area contributed by atoms with E-state index >= 15 is 0 Å². The number of halogens is 1. The molecule has 0 fully saturated rings. The van der Waals surface area contributed by atoms with Crippen LogP contribution >= 0.6 is 0 Å². The summed E-state index contributed by atoms with van der Waals surface area (Å²) >= 11 is 0. The molecule has 1 amide bonds. The average molecular weight is 323 g/mol. The topological polar surface area (TPSA) is 64.0 Å². The van der Waals surface area contributed by atoms with Crippen LogP contribution in [0.4, 0.5) is 10.1 Å². The van der Waals surface area contributed by atoms with Crippen LogP contribution in [0.15, 0.2) is 65.6 Å². The van der Waals surface area contributed by atoms with Gasteiger partial charge < -0.3 is 5.32 Å². The molecule has 0 bridgehead atoms. The third-order valence-electron chi connectivity index (χ3n) is 3.41. The minimum absolute atomic E-state index is 0.00495. The largest absolute Gasteiger partial charge is 0.318 e. The Kier molecular flexibility index (Phi) is 4.20. The normalized spacial score (nSPS) is 10.4. The van der Waals surface area contributed by atoms with E-state index < -0.39 is 17.2 Å². The quantitative estimate of drug-likeness (QED) is 0.806. The number of hydrogen-bond acceptors (Lipinski definition) is 3. The Hall–Kier alpha value is -3.28. The van der Waals surface area contributed by atoms with Crippen molar-refractivity contribution in [1.29, 1.82) is 0 Å². The molecule has 3 rings (SSSR count). The maximum Gasteiger partial charge on any atom is 0.280 e. The van der Waals surface area contributed by atoms with Crippen LogP contribution in [0.2, 0.25) is 0 Å². The summed E-state index contributed by atoms with van der Waals surface area (Å²) in [6, 6.07) is 14.4. The van der Waals surface area contributed by atoms with E-state index in [1.165, 1.54) is 35.1 Å². The first-order valence-corrected chi connectivity index (χ1v) is 7.27. The van der Waals surface area contributed by atoms with Crippen LogP contribution in [0.3, 0.4) is 0 Å². The van der Waals surface area contributed by atoms with Crippen LogP contribution in [0, 0.1) is 12.7 Å². The molecule has 120 valence electrons. The van der Waals surface area contributed by atoms with Gasteiger partial charge in [-0.25, -0.2) is 9.07 Å². The Morgan fingerprint density at radius 3 is 2.67 bits per heavy atom. The van der Waals surface area contributed by atoms with E-state index in [4.69, 9.17) is 0 Å². The first-order chi connectivity index (χ1) is 11.5. The van der Waals surface area contributed by atoms with Gasteiger partial charge in [0.1, 0.15) is 5.82 Å². The number of nitrogens with zero attached hydrogens (tertiary/aromatic N) is 2. The monoisotopic (exact) mass is 323 g/mol. The molecule has 1 heterocycles. The van der Waals surface area contributed by atoms with Gasteiger partial charge in [0.2, 0.25) is 5.43 Å². The highest BCUT2D eigenvalue weighted by molar-refractivity contribution is 6.02. The number of rotatable bonds is 3. The molecular weight excluding hydrogens is 309 g/mol. The van der Waals surface area contributed by atoms with Crippen LogP contribution in [-0.4, -0.2) is 15.7 Å². The van der Waals surface area contributed by atoms with Crippen molar-refractivity contribution in [2.45, 2.75) is 6.92 Å². The molecule has 6 heteroatoms. The third kappa shape index (κ3) is 3.22. The number of aryl methyl sites for hydroxylation is 1. The van der Waals surface area contributed by atoms with Crippen molar-refractivity contribution in [3.63, 3.8) is 0 Å². The van der Waals surface area contributed by atoms with Crippen LogP contribution in [0.5, 0.6) is 0 Å². The zero-order valence-corrected chi connectivity index (χ0v) is 12.9. The summed E-state index contributed by atoms with van der Waals surface area (Å²) in [5, 5.41) is 6.45. The molecule has 5 nitrogen and oxygen atoms in total. The smallest absolute Gasteiger partial charge is 0.280 e. The summed E-state index contributed by atoms with van der Waals surface area (Å²) < 4.78 is 15.1. The number of benzene rings is 2. The summed E-state index contributed by atoms with van der Waals surface area (Å²) in [5.41, 5.74) is 0.893. The zero-order chi connectivity index (χ0) is 17.1. The lowest BCUT2D eigenvalue weighted by Crippen LogP contribution is -2.25. The molecule has 0 aliphatic carbocycles. The SMILES string of the molecule is Cc1cccc(-n2ccc(=O)c(C(=O)Nc3ccccc3F)n2)c1. The lowest BCUT2D eigenvalue weighted by Gasteiger charge is -2.09. The van der Waals surface area contributed by atoms with Gasteiger partial charge in [0.15, 0.2) is 5.69 Å². The number of aromatic nitrogens is 2. The van der Waals surface area contributed by atoms with Gasteiger partial charge in [-0.05, 0) is 36.8 Å². The van der Waals surface area contributed by atoms with Gasteiger partial charge in [0, 0.05) is 12.3 Å². The van der Waals surface area contributed by atoms with Gasteiger partial charge in [-0.3, -0.25) is 9.59 Å². The van der Waals surface area contributed by atoms with E-state index in [1.807, 2.05) is 31.2 Å². The number of amides is 1. The van der Waals surface area contributed by atoms with Crippen molar-refractivity contribution in [1.82, 2.24) is 9.78 Å². The lowest BCUT2D eigenvalue weighted by atomic mass is 10.2. The Morgan fingerprint density at radius 1 is 1.12 bits per heavy atom. The van der Waals surface area contributed by atoms with E-state index in [-0.39, 0.29) is 11.4 Å². The number of carbonyl (C=O) groups is 1. The molecule has 1 aromatic heterocycles. The molecule has 0 unspecified atom stereocenters. The standard InChI is InChI=1S/C18H14FN3O2/c1-12-5-4-6-13(11-12)22-10-9-16(23)17(21-22)18(24)20-15-8-3-2-7-14(15)19/h2-11H,1H3,(H,20,24). The molecule has 0 spiro atoms. The summed E-state index contributed by atoms with van der Waals surface area (Å²) in [6.45, 7) is 1.93. The number of para-hydroxylation sites is 1. The van der Waals surface area contributed by atoms with Crippen molar-refractivity contribution in [2.24, 2.45) is 0 Å². The fourth-order valence-corrected chi connectivity index (χ4v) is 2.22. The van der Waals surface area contributed by atoms with Gasteiger partial charge in [0.25, 0.3) is 5.91 Å². The molecule has 0 radical (unpaired) electrons. The summed E-state index contributed by atoms with van der Waals surface area (Å²) in [6.07, 6.45) is 1.48. The van der Waals surface area contributed by atoms with Gasteiger partial charge in [0.05, 0.1) is 11.4 Å². The van der Waals surface area contributed by atoms with Gasteiger partial charge in [-0.15, -0.1) is 0 Å². The Bertz CT molecular complexity index is 966. The molecule has 0 aliphatic rings. The number of nitrogens with one attached hydrogen (secondary N) is 1. The average Bonchev–Trinajstić information content (AvgIpc) is 2.57. The predicted octanol–water partition coefficient (Wildman–Crippen LogP) is 2.93. The van der Waals surface area contributed by atoms with E-state index in [1.54, 1.807) is 6.07 Å². The van der Waals surface area contributed by atoms with E-state index in [9.17, 15) is 14.0 Å². The fourth-order valence-electron chi connectivity index (χ4n) is 2.22. The molecule has 0 saturated heterocycles. The van der Waals surface area contributed by atoms with Crippen molar-refractivity contribution >= 4 is 11.6 Å². The van der Waals surface area contributed by atoms with Crippen molar-refractivity contribution in [3.05, 3.63) is 88.1 Å². The molecular formula is C18H14FN3O2. The zero-order valence-electron chi connectivity index (χ0n) is 12.9. The number of hydrogen-bond donors (Lipinski definition) is 1. The first-order valence-electron chi connectivity index (χ1n) is 7.27. The van der Waals surface area contributed by atoms with Crippen molar-refractivity contribution in [3.8, 4) is 5.69 Å².